The van der Waals surface area contributed by atoms with Gasteiger partial charge < -0.3 is 5.32 Å². The number of piperidine rings is 1. The minimum absolute atomic E-state index is 0.165. The molecule has 0 aromatic heterocycles. The number of hydrogen-bond donors (Lipinski definition) is 1. The predicted octanol–water partition coefficient (Wildman–Crippen LogP) is 4.08. The van der Waals surface area contributed by atoms with Crippen LogP contribution in [0, 0.1) is 11.7 Å². The molecule has 2 rings (SSSR count). The van der Waals surface area contributed by atoms with Gasteiger partial charge in [0.25, 0.3) is 0 Å². The lowest BCUT2D eigenvalue weighted by atomic mass is 9.79. The minimum atomic E-state index is -0.165. The van der Waals surface area contributed by atoms with Gasteiger partial charge >= 0.3 is 0 Å². The van der Waals surface area contributed by atoms with Crippen LogP contribution in [0.2, 0.25) is 0 Å². The van der Waals surface area contributed by atoms with Crippen molar-refractivity contribution < 1.29 is 4.39 Å². The first kappa shape index (κ1) is 13.0. The summed E-state index contributed by atoms with van der Waals surface area (Å²) in [5.74, 6) is 1.07. The minimum Gasteiger partial charge on any atom is -0.316 e. The molecule has 0 radical (unpaired) electrons. The molecule has 1 saturated heterocycles. The van der Waals surface area contributed by atoms with E-state index in [1.807, 2.05) is 6.07 Å². The van der Waals surface area contributed by atoms with Gasteiger partial charge in [-0.05, 0) is 55.5 Å². The summed E-state index contributed by atoms with van der Waals surface area (Å²) in [6.45, 7) is 4.38. The second kappa shape index (κ2) is 5.96. The molecule has 2 unspecified atom stereocenters. The molecule has 0 spiro atoms. The van der Waals surface area contributed by atoms with Gasteiger partial charge in [0, 0.05) is 4.47 Å². The lowest BCUT2D eigenvalue weighted by Gasteiger charge is -2.33. The van der Waals surface area contributed by atoms with E-state index in [0.29, 0.717) is 11.8 Å². The van der Waals surface area contributed by atoms with Gasteiger partial charge in [0.15, 0.2) is 0 Å². The Balaban J connectivity index is 2.23. The molecule has 1 aliphatic heterocycles. The summed E-state index contributed by atoms with van der Waals surface area (Å²) in [6, 6.07) is 5.10. The van der Waals surface area contributed by atoms with Gasteiger partial charge in [-0.2, -0.15) is 0 Å². The Morgan fingerprint density at radius 1 is 1.47 bits per heavy atom. The molecule has 1 aromatic carbocycles. The Labute approximate surface area is 111 Å². The lowest BCUT2D eigenvalue weighted by Crippen LogP contribution is -2.35. The summed E-state index contributed by atoms with van der Waals surface area (Å²) in [5.41, 5.74) is 1.27. The first-order valence-corrected chi connectivity index (χ1v) is 7.17. The van der Waals surface area contributed by atoms with Gasteiger partial charge in [0.1, 0.15) is 5.82 Å². The van der Waals surface area contributed by atoms with Crippen molar-refractivity contribution >= 4 is 15.9 Å². The average Bonchev–Trinajstić information content (AvgIpc) is 2.31. The zero-order chi connectivity index (χ0) is 12.3. The topological polar surface area (TPSA) is 12.0 Å². The second-order valence-corrected chi connectivity index (χ2v) is 5.67. The fourth-order valence-corrected chi connectivity index (χ4v) is 3.45. The van der Waals surface area contributed by atoms with Gasteiger partial charge in [0.2, 0.25) is 0 Å². The Kier molecular flexibility index (Phi) is 4.57. The zero-order valence-electron chi connectivity index (χ0n) is 10.2. The van der Waals surface area contributed by atoms with E-state index < -0.39 is 0 Å². The van der Waals surface area contributed by atoms with Gasteiger partial charge in [-0.15, -0.1) is 0 Å². The van der Waals surface area contributed by atoms with Crippen LogP contribution in [0.4, 0.5) is 4.39 Å². The van der Waals surface area contributed by atoms with Crippen molar-refractivity contribution in [1.29, 1.82) is 0 Å². The monoisotopic (exact) mass is 299 g/mol. The lowest BCUT2D eigenvalue weighted by molar-refractivity contribution is 0.306. The van der Waals surface area contributed by atoms with Gasteiger partial charge in [-0.25, -0.2) is 4.39 Å². The Morgan fingerprint density at radius 2 is 2.29 bits per heavy atom. The first-order valence-electron chi connectivity index (χ1n) is 6.38. The maximum Gasteiger partial charge on any atom is 0.124 e. The molecule has 0 saturated carbocycles. The maximum atomic E-state index is 13.1. The van der Waals surface area contributed by atoms with Gasteiger partial charge in [-0.3, -0.25) is 0 Å². The Morgan fingerprint density at radius 3 is 3.00 bits per heavy atom. The highest BCUT2D eigenvalue weighted by Crippen LogP contribution is 2.37. The third-order valence-corrected chi connectivity index (χ3v) is 4.32. The summed E-state index contributed by atoms with van der Waals surface area (Å²) in [4.78, 5) is 0. The van der Waals surface area contributed by atoms with E-state index in [1.54, 1.807) is 12.1 Å². The van der Waals surface area contributed by atoms with E-state index in [-0.39, 0.29) is 5.82 Å². The van der Waals surface area contributed by atoms with Crippen LogP contribution in [0.25, 0.3) is 0 Å². The zero-order valence-corrected chi connectivity index (χ0v) is 11.8. The highest BCUT2D eigenvalue weighted by Gasteiger charge is 2.26. The van der Waals surface area contributed by atoms with Crippen LogP contribution in [-0.4, -0.2) is 13.1 Å². The SMILES string of the molecule is CCCC1CNCCC1c1ccc(F)cc1Br. The molecular weight excluding hydrogens is 281 g/mol. The van der Waals surface area contributed by atoms with E-state index in [1.165, 1.54) is 18.4 Å². The summed E-state index contributed by atoms with van der Waals surface area (Å²) < 4.78 is 14.0. The fraction of sp³-hybridized carbons (Fsp3) is 0.571. The van der Waals surface area contributed by atoms with Gasteiger partial charge in [0.05, 0.1) is 0 Å². The van der Waals surface area contributed by atoms with Crippen LogP contribution in [0.1, 0.15) is 37.7 Å². The predicted molar refractivity (Wildman–Crippen MR) is 72.7 cm³/mol. The summed E-state index contributed by atoms with van der Waals surface area (Å²) in [5, 5.41) is 3.46. The summed E-state index contributed by atoms with van der Waals surface area (Å²) >= 11 is 3.50. The quantitative estimate of drug-likeness (QED) is 0.887. The Bertz CT molecular complexity index is 378. The number of halogens is 2. The molecule has 1 fully saturated rings. The van der Waals surface area contributed by atoms with E-state index in [9.17, 15) is 4.39 Å². The van der Waals surface area contributed by atoms with E-state index in [4.69, 9.17) is 0 Å². The summed E-state index contributed by atoms with van der Waals surface area (Å²) in [6.07, 6.45) is 3.60. The second-order valence-electron chi connectivity index (χ2n) is 4.81. The van der Waals surface area contributed by atoms with Crippen molar-refractivity contribution in [3.8, 4) is 0 Å². The van der Waals surface area contributed by atoms with E-state index >= 15 is 0 Å². The molecular formula is C14H19BrFN. The van der Waals surface area contributed by atoms with Crippen LogP contribution in [0.3, 0.4) is 0 Å². The van der Waals surface area contributed by atoms with Crippen LogP contribution < -0.4 is 5.32 Å². The Hall–Kier alpha value is -0.410. The number of rotatable bonds is 3. The van der Waals surface area contributed by atoms with E-state index in [2.05, 4.69) is 28.2 Å². The largest absolute Gasteiger partial charge is 0.316 e. The van der Waals surface area contributed by atoms with Crippen LogP contribution in [-0.2, 0) is 0 Å². The molecule has 3 heteroatoms. The highest BCUT2D eigenvalue weighted by molar-refractivity contribution is 9.10. The molecule has 1 aromatic rings. The fourth-order valence-electron chi connectivity index (χ4n) is 2.81. The van der Waals surface area contributed by atoms with Crippen molar-refractivity contribution in [2.45, 2.75) is 32.1 Å². The molecule has 17 heavy (non-hydrogen) atoms. The standard InChI is InChI=1S/C14H19BrFN/c1-2-3-10-9-17-7-6-12(10)13-5-4-11(16)8-14(13)15/h4-5,8,10,12,17H,2-3,6-7,9H2,1H3. The number of benzene rings is 1. The van der Waals surface area contributed by atoms with E-state index in [0.717, 1.165) is 24.0 Å². The third-order valence-electron chi connectivity index (χ3n) is 3.63. The van der Waals surface area contributed by atoms with Crippen LogP contribution >= 0.6 is 15.9 Å². The summed E-state index contributed by atoms with van der Waals surface area (Å²) in [7, 11) is 0. The molecule has 94 valence electrons. The number of nitrogens with one attached hydrogen (secondary N) is 1. The highest BCUT2D eigenvalue weighted by atomic mass is 79.9. The van der Waals surface area contributed by atoms with Crippen molar-refractivity contribution in [2.24, 2.45) is 5.92 Å². The average molecular weight is 300 g/mol. The molecule has 0 bridgehead atoms. The maximum absolute atomic E-state index is 13.1. The first-order chi connectivity index (χ1) is 8.22. The molecule has 2 atom stereocenters. The molecule has 1 N–H and O–H groups in total. The molecule has 1 nitrogen and oxygen atoms in total. The van der Waals surface area contributed by atoms with Gasteiger partial charge in [-0.1, -0.05) is 35.3 Å². The van der Waals surface area contributed by atoms with Crippen molar-refractivity contribution in [3.05, 3.63) is 34.1 Å². The normalized spacial score (nSPS) is 24.9. The molecule has 1 heterocycles. The van der Waals surface area contributed by atoms with Crippen LogP contribution in [0.15, 0.2) is 22.7 Å². The third kappa shape index (κ3) is 3.08. The molecule has 1 aliphatic rings. The van der Waals surface area contributed by atoms with Crippen molar-refractivity contribution in [3.63, 3.8) is 0 Å². The van der Waals surface area contributed by atoms with Crippen molar-refractivity contribution in [1.82, 2.24) is 5.32 Å². The smallest absolute Gasteiger partial charge is 0.124 e. The van der Waals surface area contributed by atoms with Crippen molar-refractivity contribution in [2.75, 3.05) is 13.1 Å². The molecule has 0 aliphatic carbocycles. The molecule has 0 amide bonds. The van der Waals surface area contributed by atoms with Crippen LogP contribution in [0.5, 0.6) is 0 Å². The number of hydrogen-bond acceptors (Lipinski definition) is 1.